The minimum absolute atomic E-state index is 0.348. The van der Waals surface area contributed by atoms with Gasteiger partial charge >= 0.3 is 0 Å². The third kappa shape index (κ3) is 5.76. The third-order valence-electron chi connectivity index (χ3n) is 1.74. The molecule has 1 rings (SSSR count). The predicted octanol–water partition coefficient (Wildman–Crippen LogP) is 0.503. The van der Waals surface area contributed by atoms with Crippen LogP contribution in [0.2, 0.25) is 0 Å². The molecule has 0 fully saturated rings. The highest BCUT2D eigenvalue weighted by atomic mass is 32.2. The molecule has 86 valence electrons. The van der Waals surface area contributed by atoms with Gasteiger partial charge < -0.3 is 10.4 Å². The Bertz CT molecular complexity index is 253. The number of aliphatic hydroxyl groups is 1. The van der Waals surface area contributed by atoms with Gasteiger partial charge in [-0.25, -0.2) is 4.98 Å². The van der Waals surface area contributed by atoms with Crippen molar-refractivity contribution in [2.45, 2.75) is 25.1 Å². The Morgan fingerprint density at radius 2 is 2.33 bits per heavy atom. The summed E-state index contributed by atoms with van der Waals surface area (Å²) in [6.45, 7) is 5.84. The SMILES string of the molecule is CC(C)CNCC(O)CSc1ncn[nH]1. The van der Waals surface area contributed by atoms with Crippen LogP contribution >= 0.6 is 11.8 Å². The normalized spacial score (nSPS) is 13.3. The lowest BCUT2D eigenvalue weighted by Crippen LogP contribution is -2.31. The lowest BCUT2D eigenvalue weighted by Gasteiger charge is -2.11. The zero-order valence-electron chi connectivity index (χ0n) is 9.10. The second kappa shape index (κ2) is 6.81. The van der Waals surface area contributed by atoms with Gasteiger partial charge in [-0.3, -0.25) is 5.10 Å². The fourth-order valence-corrected chi connectivity index (χ4v) is 1.74. The first-order valence-electron chi connectivity index (χ1n) is 5.05. The minimum atomic E-state index is -0.348. The second-order valence-corrected chi connectivity index (χ2v) is 4.82. The molecule has 0 spiro atoms. The number of nitrogens with zero attached hydrogens (tertiary/aromatic N) is 2. The molecular formula is C9H18N4OS. The number of hydrogen-bond acceptors (Lipinski definition) is 5. The summed E-state index contributed by atoms with van der Waals surface area (Å²) in [4.78, 5) is 3.96. The van der Waals surface area contributed by atoms with E-state index in [9.17, 15) is 5.11 Å². The molecule has 15 heavy (non-hydrogen) atoms. The topological polar surface area (TPSA) is 73.8 Å². The number of rotatable bonds is 7. The van der Waals surface area contributed by atoms with E-state index in [1.807, 2.05) is 0 Å². The largest absolute Gasteiger partial charge is 0.391 e. The number of thioether (sulfide) groups is 1. The maximum atomic E-state index is 9.62. The first kappa shape index (κ1) is 12.5. The van der Waals surface area contributed by atoms with Crippen LogP contribution in [-0.2, 0) is 0 Å². The van der Waals surface area contributed by atoms with Crippen molar-refractivity contribution in [3.8, 4) is 0 Å². The van der Waals surface area contributed by atoms with Crippen LogP contribution in [0.5, 0.6) is 0 Å². The molecule has 0 aliphatic rings. The highest BCUT2D eigenvalue weighted by Crippen LogP contribution is 2.11. The van der Waals surface area contributed by atoms with Crippen LogP contribution in [0.4, 0.5) is 0 Å². The summed E-state index contributed by atoms with van der Waals surface area (Å²) in [5, 5.41) is 20.0. The molecule has 1 unspecified atom stereocenters. The van der Waals surface area contributed by atoms with Gasteiger partial charge in [-0.1, -0.05) is 25.6 Å². The zero-order valence-corrected chi connectivity index (χ0v) is 9.92. The van der Waals surface area contributed by atoms with Crippen molar-refractivity contribution in [2.24, 2.45) is 5.92 Å². The van der Waals surface area contributed by atoms with E-state index >= 15 is 0 Å². The summed E-state index contributed by atoms with van der Waals surface area (Å²) in [5.74, 6) is 1.24. The Hall–Kier alpha value is -0.590. The average Bonchev–Trinajstić information content (AvgIpc) is 2.66. The molecule has 1 atom stereocenters. The van der Waals surface area contributed by atoms with E-state index in [-0.39, 0.29) is 6.10 Å². The van der Waals surface area contributed by atoms with E-state index in [1.54, 1.807) is 0 Å². The first-order chi connectivity index (χ1) is 7.18. The molecule has 0 amide bonds. The second-order valence-electron chi connectivity index (χ2n) is 3.81. The summed E-state index contributed by atoms with van der Waals surface area (Å²) >= 11 is 1.47. The fourth-order valence-electron chi connectivity index (χ4n) is 1.04. The zero-order chi connectivity index (χ0) is 11.1. The van der Waals surface area contributed by atoms with Gasteiger partial charge in [-0.2, -0.15) is 5.10 Å². The van der Waals surface area contributed by atoms with Gasteiger partial charge in [0.05, 0.1) is 6.10 Å². The standard InChI is InChI=1S/C9H18N4OS/c1-7(2)3-10-4-8(14)5-15-9-11-6-12-13-9/h6-8,10,14H,3-5H2,1-2H3,(H,11,12,13). The van der Waals surface area contributed by atoms with E-state index in [0.717, 1.165) is 11.7 Å². The van der Waals surface area contributed by atoms with E-state index < -0.39 is 0 Å². The van der Waals surface area contributed by atoms with Crippen molar-refractivity contribution in [2.75, 3.05) is 18.8 Å². The third-order valence-corrected chi connectivity index (χ3v) is 2.76. The molecule has 0 aliphatic heterocycles. The molecule has 5 nitrogen and oxygen atoms in total. The maximum absolute atomic E-state index is 9.62. The smallest absolute Gasteiger partial charge is 0.183 e. The Morgan fingerprint density at radius 1 is 1.53 bits per heavy atom. The van der Waals surface area contributed by atoms with E-state index in [0.29, 0.717) is 18.2 Å². The number of nitrogens with one attached hydrogen (secondary N) is 2. The molecule has 0 bridgehead atoms. The van der Waals surface area contributed by atoms with Gasteiger partial charge in [0.2, 0.25) is 0 Å². The number of hydrogen-bond donors (Lipinski definition) is 3. The molecule has 1 aromatic heterocycles. The van der Waals surface area contributed by atoms with Gasteiger partial charge in [0.25, 0.3) is 0 Å². The number of aliphatic hydroxyl groups excluding tert-OH is 1. The Labute approximate surface area is 94.1 Å². The molecule has 3 N–H and O–H groups in total. The van der Waals surface area contributed by atoms with Crippen molar-refractivity contribution in [3.05, 3.63) is 6.33 Å². The van der Waals surface area contributed by atoms with Crippen molar-refractivity contribution < 1.29 is 5.11 Å². The first-order valence-corrected chi connectivity index (χ1v) is 6.04. The van der Waals surface area contributed by atoms with Crippen molar-refractivity contribution >= 4 is 11.8 Å². The van der Waals surface area contributed by atoms with Gasteiger partial charge in [0.15, 0.2) is 5.16 Å². The summed E-state index contributed by atoms with van der Waals surface area (Å²) < 4.78 is 0. The van der Waals surface area contributed by atoms with Gasteiger partial charge in [-0.05, 0) is 12.5 Å². The Balaban J connectivity index is 2.06. The molecule has 0 radical (unpaired) electrons. The van der Waals surface area contributed by atoms with Crippen molar-refractivity contribution in [1.82, 2.24) is 20.5 Å². The Morgan fingerprint density at radius 3 is 2.93 bits per heavy atom. The fraction of sp³-hybridized carbons (Fsp3) is 0.778. The van der Waals surface area contributed by atoms with Crippen molar-refractivity contribution in [1.29, 1.82) is 0 Å². The van der Waals surface area contributed by atoms with Crippen LogP contribution in [0.25, 0.3) is 0 Å². The quantitative estimate of drug-likeness (QED) is 0.595. The van der Waals surface area contributed by atoms with Crippen LogP contribution in [0.1, 0.15) is 13.8 Å². The van der Waals surface area contributed by atoms with Crippen molar-refractivity contribution in [3.63, 3.8) is 0 Å². The van der Waals surface area contributed by atoms with E-state index in [4.69, 9.17) is 0 Å². The van der Waals surface area contributed by atoms with Gasteiger partial charge in [0.1, 0.15) is 6.33 Å². The number of H-pyrrole nitrogens is 1. The molecule has 1 aromatic rings. The number of aromatic nitrogens is 3. The lowest BCUT2D eigenvalue weighted by atomic mass is 10.2. The molecule has 0 saturated heterocycles. The molecular weight excluding hydrogens is 212 g/mol. The van der Waals surface area contributed by atoms with Crippen LogP contribution < -0.4 is 5.32 Å². The monoisotopic (exact) mass is 230 g/mol. The molecule has 0 aliphatic carbocycles. The highest BCUT2D eigenvalue weighted by molar-refractivity contribution is 7.99. The van der Waals surface area contributed by atoms with Gasteiger partial charge in [0, 0.05) is 12.3 Å². The number of aromatic amines is 1. The molecule has 0 aromatic carbocycles. The summed E-state index contributed by atoms with van der Waals surface area (Å²) in [6, 6.07) is 0. The summed E-state index contributed by atoms with van der Waals surface area (Å²) in [7, 11) is 0. The lowest BCUT2D eigenvalue weighted by molar-refractivity contribution is 0.194. The highest BCUT2D eigenvalue weighted by Gasteiger charge is 2.06. The predicted molar refractivity (Wildman–Crippen MR) is 60.8 cm³/mol. The summed E-state index contributed by atoms with van der Waals surface area (Å²) in [5.41, 5.74) is 0. The van der Waals surface area contributed by atoms with Crippen LogP contribution in [0, 0.1) is 5.92 Å². The van der Waals surface area contributed by atoms with E-state index in [1.165, 1.54) is 18.1 Å². The molecule has 6 heteroatoms. The van der Waals surface area contributed by atoms with E-state index in [2.05, 4.69) is 34.3 Å². The van der Waals surface area contributed by atoms with Gasteiger partial charge in [-0.15, -0.1) is 0 Å². The maximum Gasteiger partial charge on any atom is 0.183 e. The molecule has 1 heterocycles. The van der Waals surface area contributed by atoms with Crippen LogP contribution in [-0.4, -0.2) is 45.2 Å². The van der Waals surface area contributed by atoms with Crippen LogP contribution in [0.15, 0.2) is 11.5 Å². The minimum Gasteiger partial charge on any atom is -0.391 e. The average molecular weight is 230 g/mol. The molecule has 0 saturated carbocycles. The van der Waals surface area contributed by atoms with Crippen LogP contribution in [0.3, 0.4) is 0 Å². The summed E-state index contributed by atoms with van der Waals surface area (Å²) in [6.07, 6.45) is 1.12. The Kier molecular flexibility index (Phi) is 5.67.